The van der Waals surface area contributed by atoms with Crippen molar-refractivity contribution >= 4 is 5.91 Å². The second kappa shape index (κ2) is 6.93. The molecule has 0 N–H and O–H groups in total. The molecule has 0 aliphatic carbocycles. The first kappa shape index (κ1) is 16.8. The summed E-state index contributed by atoms with van der Waals surface area (Å²) in [5, 5.41) is 0. The third-order valence-corrected chi connectivity index (χ3v) is 6.29. The summed E-state index contributed by atoms with van der Waals surface area (Å²) in [6.45, 7) is 9.35. The summed E-state index contributed by atoms with van der Waals surface area (Å²) in [4.78, 5) is 17.4. The predicted molar refractivity (Wildman–Crippen MR) is 98.4 cm³/mol. The lowest BCUT2D eigenvalue weighted by molar-refractivity contribution is -0.143. The number of hydrogen-bond donors (Lipinski definition) is 0. The van der Waals surface area contributed by atoms with Crippen LogP contribution in [-0.2, 0) is 14.9 Å². The van der Waals surface area contributed by atoms with Crippen molar-refractivity contribution in [3.63, 3.8) is 0 Å². The number of nitrogens with zero attached hydrogens (tertiary/aromatic N) is 2. The third-order valence-electron chi connectivity index (χ3n) is 6.29. The minimum atomic E-state index is -0.199. The van der Waals surface area contributed by atoms with Crippen LogP contribution in [0, 0.1) is 5.92 Å². The number of likely N-dealkylation sites (tertiary alicyclic amines) is 2. The number of ether oxygens (including phenoxy) is 1. The molecule has 1 amide bonds. The lowest BCUT2D eigenvalue weighted by Gasteiger charge is -2.44. The molecule has 0 radical (unpaired) electrons. The standard InChI is InChI=1S/C21H28N2O2/c1-2-11-22-14-18-15-23(20(24)19-9-6-13-25-19)12-10-21(18,16-22)17-7-4-3-5-8-17/h2-5,7-8,18-19H,1,6,9-16H2/t18-,19+,21+/m0/s1. The van der Waals surface area contributed by atoms with Crippen LogP contribution in [0.15, 0.2) is 43.0 Å². The lowest BCUT2D eigenvalue weighted by Crippen LogP contribution is -2.53. The first-order chi connectivity index (χ1) is 12.2. The van der Waals surface area contributed by atoms with Gasteiger partial charge in [0.15, 0.2) is 0 Å². The quantitative estimate of drug-likeness (QED) is 0.790. The minimum Gasteiger partial charge on any atom is -0.368 e. The van der Waals surface area contributed by atoms with Gasteiger partial charge in [0.05, 0.1) is 0 Å². The van der Waals surface area contributed by atoms with E-state index >= 15 is 0 Å². The van der Waals surface area contributed by atoms with Crippen LogP contribution < -0.4 is 0 Å². The van der Waals surface area contributed by atoms with Crippen LogP contribution >= 0.6 is 0 Å². The molecule has 3 fully saturated rings. The minimum absolute atomic E-state index is 0.164. The van der Waals surface area contributed by atoms with Crippen molar-refractivity contribution in [1.82, 2.24) is 9.80 Å². The molecule has 3 heterocycles. The van der Waals surface area contributed by atoms with E-state index in [0.717, 1.165) is 58.6 Å². The maximum absolute atomic E-state index is 12.8. The Bertz CT molecular complexity index is 626. The first-order valence-corrected chi connectivity index (χ1v) is 9.52. The van der Waals surface area contributed by atoms with Crippen LogP contribution in [0.25, 0.3) is 0 Å². The number of carbonyl (C=O) groups excluding carboxylic acids is 1. The molecule has 134 valence electrons. The molecule has 0 aromatic heterocycles. The molecule has 0 saturated carbocycles. The molecule has 3 atom stereocenters. The fourth-order valence-corrected chi connectivity index (χ4v) is 5.03. The van der Waals surface area contributed by atoms with E-state index < -0.39 is 0 Å². The highest BCUT2D eigenvalue weighted by Gasteiger charge is 2.51. The van der Waals surface area contributed by atoms with Crippen molar-refractivity contribution in [2.75, 3.05) is 39.3 Å². The van der Waals surface area contributed by atoms with Crippen molar-refractivity contribution in [2.45, 2.75) is 30.8 Å². The monoisotopic (exact) mass is 340 g/mol. The molecular weight excluding hydrogens is 312 g/mol. The van der Waals surface area contributed by atoms with Crippen molar-refractivity contribution in [1.29, 1.82) is 0 Å². The number of hydrogen-bond acceptors (Lipinski definition) is 3. The molecule has 4 rings (SSSR count). The Morgan fingerprint density at radius 3 is 2.88 bits per heavy atom. The maximum atomic E-state index is 12.8. The van der Waals surface area contributed by atoms with Gasteiger partial charge in [0.2, 0.25) is 0 Å². The number of piperidine rings is 1. The Labute approximate surface area is 150 Å². The highest BCUT2D eigenvalue weighted by Crippen LogP contribution is 2.45. The van der Waals surface area contributed by atoms with Gasteiger partial charge >= 0.3 is 0 Å². The summed E-state index contributed by atoms with van der Waals surface area (Å²) in [6, 6.07) is 10.9. The Balaban J connectivity index is 1.56. The number of rotatable bonds is 4. The maximum Gasteiger partial charge on any atom is 0.251 e. The smallest absolute Gasteiger partial charge is 0.251 e. The lowest BCUT2D eigenvalue weighted by atomic mass is 9.68. The molecule has 4 heteroatoms. The van der Waals surface area contributed by atoms with Crippen molar-refractivity contribution in [3.8, 4) is 0 Å². The number of carbonyl (C=O) groups is 1. The van der Waals surface area contributed by atoms with Gasteiger partial charge in [-0.05, 0) is 24.8 Å². The topological polar surface area (TPSA) is 32.8 Å². The molecule has 1 aromatic rings. The summed E-state index contributed by atoms with van der Waals surface area (Å²) in [6.07, 6.45) is 4.72. The average molecular weight is 340 g/mol. The molecule has 1 aromatic carbocycles. The van der Waals surface area contributed by atoms with Crippen molar-refractivity contribution in [2.24, 2.45) is 5.92 Å². The highest BCUT2D eigenvalue weighted by molar-refractivity contribution is 5.81. The van der Waals surface area contributed by atoms with Gasteiger partial charge < -0.3 is 9.64 Å². The Morgan fingerprint density at radius 2 is 2.16 bits per heavy atom. The molecular formula is C21H28N2O2. The fourth-order valence-electron chi connectivity index (χ4n) is 5.03. The van der Waals surface area contributed by atoms with Gasteiger partial charge in [-0.2, -0.15) is 0 Å². The summed E-state index contributed by atoms with van der Waals surface area (Å²) in [7, 11) is 0. The van der Waals surface area contributed by atoms with Gasteiger partial charge in [-0.1, -0.05) is 36.4 Å². The molecule has 0 spiro atoms. The summed E-state index contributed by atoms with van der Waals surface area (Å²) < 4.78 is 5.63. The van der Waals surface area contributed by atoms with Crippen LogP contribution in [0.3, 0.4) is 0 Å². The van der Waals surface area contributed by atoms with E-state index in [1.54, 1.807) is 0 Å². The fraction of sp³-hybridized carbons (Fsp3) is 0.571. The van der Waals surface area contributed by atoms with E-state index in [1.165, 1.54) is 5.56 Å². The van der Waals surface area contributed by atoms with Crippen LogP contribution in [0.4, 0.5) is 0 Å². The van der Waals surface area contributed by atoms with Crippen molar-refractivity contribution < 1.29 is 9.53 Å². The second-order valence-corrected chi connectivity index (χ2v) is 7.74. The Morgan fingerprint density at radius 1 is 1.32 bits per heavy atom. The predicted octanol–water partition coefficient (Wildman–Crippen LogP) is 2.45. The number of benzene rings is 1. The molecule has 3 saturated heterocycles. The van der Waals surface area contributed by atoms with Crippen molar-refractivity contribution in [3.05, 3.63) is 48.6 Å². The van der Waals surface area contributed by atoms with E-state index in [4.69, 9.17) is 4.74 Å². The molecule has 25 heavy (non-hydrogen) atoms. The number of fused-ring (bicyclic) bond motifs is 1. The van der Waals surface area contributed by atoms with E-state index in [1.807, 2.05) is 6.08 Å². The first-order valence-electron chi connectivity index (χ1n) is 9.52. The third kappa shape index (κ3) is 3.02. The average Bonchev–Trinajstić information content (AvgIpc) is 3.29. The van der Waals surface area contributed by atoms with E-state index in [9.17, 15) is 4.79 Å². The van der Waals surface area contributed by atoms with Gasteiger partial charge in [-0.25, -0.2) is 0 Å². The molecule has 4 nitrogen and oxygen atoms in total. The van der Waals surface area contributed by atoms with Gasteiger partial charge in [-0.15, -0.1) is 6.58 Å². The normalized spacial score (nSPS) is 32.6. The SMILES string of the molecule is C=CCN1C[C@H]2CN(C(=O)[C@H]3CCCO3)CC[C@]2(c2ccccc2)C1. The van der Waals surface area contributed by atoms with Crippen LogP contribution in [-0.4, -0.2) is 61.1 Å². The van der Waals surface area contributed by atoms with Gasteiger partial charge in [0, 0.05) is 50.7 Å². The largest absolute Gasteiger partial charge is 0.368 e. The van der Waals surface area contributed by atoms with E-state index in [-0.39, 0.29) is 17.4 Å². The highest BCUT2D eigenvalue weighted by atomic mass is 16.5. The summed E-state index contributed by atoms with van der Waals surface area (Å²) in [5.41, 5.74) is 1.59. The zero-order valence-corrected chi connectivity index (χ0v) is 14.9. The van der Waals surface area contributed by atoms with Gasteiger partial charge in [0.25, 0.3) is 5.91 Å². The molecule has 0 unspecified atom stereocenters. The zero-order chi connectivity index (χ0) is 17.3. The van der Waals surface area contributed by atoms with Crippen LogP contribution in [0.5, 0.6) is 0 Å². The Kier molecular flexibility index (Phi) is 4.65. The summed E-state index contributed by atoms with van der Waals surface area (Å²) >= 11 is 0. The van der Waals surface area contributed by atoms with Gasteiger partial charge in [0.1, 0.15) is 6.10 Å². The zero-order valence-electron chi connectivity index (χ0n) is 14.9. The molecule has 0 bridgehead atoms. The summed E-state index contributed by atoms with van der Waals surface area (Å²) in [5.74, 6) is 0.690. The van der Waals surface area contributed by atoms with Gasteiger partial charge in [-0.3, -0.25) is 9.69 Å². The van der Waals surface area contributed by atoms with Crippen LogP contribution in [0.1, 0.15) is 24.8 Å². The van der Waals surface area contributed by atoms with E-state index in [0.29, 0.717) is 5.92 Å². The second-order valence-electron chi connectivity index (χ2n) is 7.74. The van der Waals surface area contributed by atoms with Crippen LogP contribution in [0.2, 0.25) is 0 Å². The van der Waals surface area contributed by atoms with E-state index in [2.05, 4.69) is 46.7 Å². The Hall–Kier alpha value is -1.65. The molecule has 3 aliphatic rings. The number of amides is 1. The molecule has 3 aliphatic heterocycles.